The van der Waals surface area contributed by atoms with Gasteiger partial charge in [-0.3, -0.25) is 19.1 Å². The first-order chi connectivity index (χ1) is 12.1. The first-order valence-corrected chi connectivity index (χ1v) is 8.59. The Hall–Kier alpha value is -2.48. The number of amides is 1. The second-order valence-corrected chi connectivity index (χ2v) is 6.65. The molecular weight excluding hydrogens is 324 g/mol. The summed E-state index contributed by atoms with van der Waals surface area (Å²) in [6.07, 6.45) is 4.22. The fourth-order valence-electron chi connectivity index (χ4n) is 3.84. The molecule has 0 unspecified atom stereocenters. The van der Waals surface area contributed by atoms with Crippen molar-refractivity contribution >= 4 is 16.9 Å². The van der Waals surface area contributed by atoms with Gasteiger partial charge in [0, 0.05) is 13.6 Å². The molecule has 1 saturated carbocycles. The van der Waals surface area contributed by atoms with Gasteiger partial charge < -0.3 is 9.64 Å². The molecule has 1 aliphatic carbocycles. The minimum atomic E-state index is -0.548. The quantitative estimate of drug-likeness (QED) is 0.808. The summed E-state index contributed by atoms with van der Waals surface area (Å²) in [6, 6.07) is 3.18. The first kappa shape index (κ1) is 16.0. The summed E-state index contributed by atoms with van der Waals surface area (Å²) in [7, 11) is 1.52. The number of carbonyl (C=O) groups is 1. The number of rotatable bonds is 1. The highest BCUT2D eigenvalue weighted by atomic mass is 16.5. The van der Waals surface area contributed by atoms with Crippen molar-refractivity contribution in [2.75, 3.05) is 13.2 Å². The molecule has 0 aromatic carbocycles. The van der Waals surface area contributed by atoms with Crippen molar-refractivity contribution in [2.24, 2.45) is 7.05 Å². The SMILES string of the molecule is Cn1c(=O)[nH]c(=O)c2ccc(C(=O)N3CCO[C@H]4CCCC[C@H]43)nc21. The summed E-state index contributed by atoms with van der Waals surface area (Å²) in [5.41, 5.74) is -0.580. The molecule has 132 valence electrons. The van der Waals surface area contributed by atoms with E-state index in [4.69, 9.17) is 4.74 Å². The summed E-state index contributed by atoms with van der Waals surface area (Å²) < 4.78 is 7.06. The zero-order chi connectivity index (χ0) is 17.6. The number of aromatic amines is 1. The fourth-order valence-corrected chi connectivity index (χ4v) is 3.84. The number of carbonyl (C=O) groups excluding carboxylic acids is 1. The standard InChI is InChI=1S/C17H20N4O4/c1-20-14-10(15(22)19-17(20)24)6-7-11(18-14)16(23)21-8-9-25-13-5-3-2-4-12(13)21/h6-7,12-13H,2-5,8-9H2,1H3,(H,19,22,24)/t12-,13+/m1/s1. The van der Waals surface area contributed by atoms with Crippen LogP contribution in [0, 0.1) is 0 Å². The molecule has 25 heavy (non-hydrogen) atoms. The Kier molecular flexibility index (Phi) is 3.91. The minimum absolute atomic E-state index is 0.0792. The van der Waals surface area contributed by atoms with Gasteiger partial charge in [0.1, 0.15) is 11.3 Å². The topological polar surface area (TPSA) is 97.3 Å². The van der Waals surface area contributed by atoms with Gasteiger partial charge in [-0.1, -0.05) is 12.8 Å². The molecule has 1 N–H and O–H groups in total. The van der Waals surface area contributed by atoms with Gasteiger partial charge in [-0.05, 0) is 25.0 Å². The molecule has 8 heteroatoms. The highest BCUT2D eigenvalue weighted by Gasteiger charge is 2.37. The van der Waals surface area contributed by atoms with Crippen molar-refractivity contribution in [1.82, 2.24) is 19.4 Å². The summed E-state index contributed by atoms with van der Waals surface area (Å²) in [4.78, 5) is 45.1. The summed E-state index contributed by atoms with van der Waals surface area (Å²) in [5, 5.41) is 0.288. The molecule has 1 saturated heterocycles. The van der Waals surface area contributed by atoms with Crippen LogP contribution in [0.5, 0.6) is 0 Å². The van der Waals surface area contributed by atoms with Crippen molar-refractivity contribution in [1.29, 1.82) is 0 Å². The average molecular weight is 344 g/mol. The van der Waals surface area contributed by atoms with E-state index in [0.717, 1.165) is 25.7 Å². The van der Waals surface area contributed by atoms with E-state index < -0.39 is 11.2 Å². The van der Waals surface area contributed by atoms with Crippen LogP contribution in [0.4, 0.5) is 0 Å². The minimum Gasteiger partial charge on any atom is -0.374 e. The second kappa shape index (κ2) is 6.11. The molecule has 3 heterocycles. The van der Waals surface area contributed by atoms with Crippen LogP contribution in [0.25, 0.3) is 11.0 Å². The van der Waals surface area contributed by atoms with Crippen LogP contribution in [0.1, 0.15) is 36.2 Å². The lowest BCUT2D eigenvalue weighted by molar-refractivity contribution is -0.0754. The Bertz CT molecular complexity index is 946. The molecule has 0 spiro atoms. The van der Waals surface area contributed by atoms with Crippen molar-refractivity contribution < 1.29 is 9.53 Å². The number of hydrogen-bond donors (Lipinski definition) is 1. The number of aryl methyl sites for hydroxylation is 1. The maximum absolute atomic E-state index is 13.0. The number of pyridine rings is 1. The van der Waals surface area contributed by atoms with E-state index in [9.17, 15) is 14.4 Å². The van der Waals surface area contributed by atoms with E-state index in [1.165, 1.54) is 11.6 Å². The van der Waals surface area contributed by atoms with E-state index >= 15 is 0 Å². The van der Waals surface area contributed by atoms with Gasteiger partial charge in [0.2, 0.25) is 0 Å². The van der Waals surface area contributed by atoms with Crippen LogP contribution < -0.4 is 11.2 Å². The second-order valence-electron chi connectivity index (χ2n) is 6.65. The number of nitrogens with one attached hydrogen (secondary N) is 1. The number of hydrogen-bond acceptors (Lipinski definition) is 5. The van der Waals surface area contributed by atoms with Gasteiger partial charge in [-0.15, -0.1) is 0 Å². The Balaban J connectivity index is 1.73. The molecule has 2 fully saturated rings. The smallest absolute Gasteiger partial charge is 0.329 e. The Labute approximate surface area is 143 Å². The summed E-state index contributed by atoms with van der Waals surface area (Å²) >= 11 is 0. The van der Waals surface area contributed by atoms with Gasteiger partial charge in [-0.2, -0.15) is 0 Å². The molecule has 4 rings (SSSR count). The van der Waals surface area contributed by atoms with Gasteiger partial charge in [0.15, 0.2) is 0 Å². The Morgan fingerprint density at radius 3 is 2.92 bits per heavy atom. The molecule has 8 nitrogen and oxygen atoms in total. The third-order valence-electron chi connectivity index (χ3n) is 5.17. The predicted molar refractivity (Wildman–Crippen MR) is 90.6 cm³/mol. The van der Waals surface area contributed by atoms with Gasteiger partial charge >= 0.3 is 5.69 Å². The van der Waals surface area contributed by atoms with Crippen molar-refractivity contribution in [3.63, 3.8) is 0 Å². The zero-order valence-electron chi connectivity index (χ0n) is 14.0. The van der Waals surface area contributed by atoms with E-state index in [0.29, 0.717) is 13.2 Å². The number of fused-ring (bicyclic) bond motifs is 2. The predicted octanol–water partition coefficient (Wildman–Crippen LogP) is 0.405. The lowest BCUT2D eigenvalue weighted by Crippen LogP contribution is -2.55. The maximum Gasteiger partial charge on any atom is 0.329 e. The molecule has 1 amide bonds. The lowest BCUT2D eigenvalue weighted by Gasteiger charge is -2.43. The monoisotopic (exact) mass is 344 g/mol. The Morgan fingerprint density at radius 2 is 2.08 bits per heavy atom. The van der Waals surface area contributed by atoms with Crippen LogP contribution in [-0.2, 0) is 11.8 Å². The maximum atomic E-state index is 13.0. The Morgan fingerprint density at radius 1 is 1.28 bits per heavy atom. The third-order valence-corrected chi connectivity index (χ3v) is 5.17. The molecule has 1 aliphatic heterocycles. The van der Waals surface area contributed by atoms with E-state index in [2.05, 4.69) is 9.97 Å². The van der Waals surface area contributed by atoms with Gasteiger partial charge in [-0.25, -0.2) is 9.78 Å². The molecule has 2 aromatic heterocycles. The first-order valence-electron chi connectivity index (χ1n) is 8.59. The largest absolute Gasteiger partial charge is 0.374 e. The highest BCUT2D eigenvalue weighted by molar-refractivity contribution is 5.94. The fraction of sp³-hybridized carbons (Fsp3) is 0.529. The van der Waals surface area contributed by atoms with Crippen LogP contribution in [-0.4, -0.2) is 50.6 Å². The van der Waals surface area contributed by atoms with Gasteiger partial charge in [0.25, 0.3) is 11.5 Å². The van der Waals surface area contributed by atoms with Crippen molar-refractivity contribution in [3.05, 3.63) is 38.7 Å². The number of nitrogens with zero attached hydrogens (tertiary/aromatic N) is 3. The zero-order valence-corrected chi connectivity index (χ0v) is 14.0. The van der Waals surface area contributed by atoms with Crippen molar-refractivity contribution in [2.45, 2.75) is 37.8 Å². The van der Waals surface area contributed by atoms with Gasteiger partial charge in [0.05, 0.1) is 24.1 Å². The average Bonchev–Trinajstić information content (AvgIpc) is 2.65. The number of H-pyrrole nitrogens is 1. The highest BCUT2D eigenvalue weighted by Crippen LogP contribution is 2.29. The summed E-state index contributed by atoms with van der Waals surface area (Å²) in [5.74, 6) is -0.171. The molecule has 2 aliphatic rings. The van der Waals surface area contributed by atoms with Crippen LogP contribution in [0.3, 0.4) is 0 Å². The molecule has 2 atom stereocenters. The van der Waals surface area contributed by atoms with E-state index in [-0.39, 0.29) is 34.8 Å². The van der Waals surface area contributed by atoms with E-state index in [1.807, 2.05) is 4.90 Å². The normalized spacial score (nSPS) is 23.5. The number of ether oxygens (including phenoxy) is 1. The van der Waals surface area contributed by atoms with Crippen LogP contribution in [0.15, 0.2) is 21.7 Å². The lowest BCUT2D eigenvalue weighted by atomic mass is 9.90. The van der Waals surface area contributed by atoms with Crippen LogP contribution in [0.2, 0.25) is 0 Å². The summed E-state index contributed by atoms with van der Waals surface area (Å²) in [6.45, 7) is 1.06. The molecule has 0 bridgehead atoms. The van der Waals surface area contributed by atoms with Crippen LogP contribution >= 0.6 is 0 Å². The van der Waals surface area contributed by atoms with E-state index in [1.54, 1.807) is 12.1 Å². The van der Waals surface area contributed by atoms with Crippen molar-refractivity contribution in [3.8, 4) is 0 Å². The molecular formula is C17H20N4O4. The molecule has 0 radical (unpaired) electrons. The number of morpholine rings is 1. The molecule has 2 aromatic rings. The third kappa shape index (κ3) is 2.66. The number of aromatic nitrogens is 3.